The molecule has 11 nitrogen and oxygen atoms in total. The molecule has 1 aromatic heterocycles. The highest BCUT2D eigenvalue weighted by Gasteiger charge is 2.40. The maximum absolute atomic E-state index is 15.0. The SMILES string of the molecule is COCc1ccc(OC(F)(F)F)c(CNC(=O)Nc2c(C)c(O[C@H]3CN(C(=O)OC(C)(C)C)C[C@H]3F)nn2-c2ccccc2)c1. The topological polar surface area (TPSA) is 116 Å². The van der Waals surface area contributed by atoms with Crippen molar-refractivity contribution < 1.29 is 46.1 Å². The van der Waals surface area contributed by atoms with Crippen LogP contribution in [0.5, 0.6) is 11.6 Å². The summed E-state index contributed by atoms with van der Waals surface area (Å²) in [4.78, 5) is 26.8. The van der Waals surface area contributed by atoms with Crippen LogP contribution in [0.3, 0.4) is 0 Å². The number of alkyl halides is 4. The number of likely N-dealkylation sites (tertiary alicyclic amines) is 1. The number of hydrogen-bond donors (Lipinski definition) is 2. The summed E-state index contributed by atoms with van der Waals surface area (Å²) in [7, 11) is 1.44. The van der Waals surface area contributed by atoms with E-state index in [9.17, 15) is 27.2 Å². The van der Waals surface area contributed by atoms with E-state index in [0.717, 1.165) is 6.07 Å². The molecule has 45 heavy (non-hydrogen) atoms. The van der Waals surface area contributed by atoms with Gasteiger partial charge in [0.15, 0.2) is 12.3 Å². The summed E-state index contributed by atoms with van der Waals surface area (Å²) in [6.07, 6.45) is -8.18. The number of rotatable bonds is 9. The van der Waals surface area contributed by atoms with E-state index < -0.39 is 42.1 Å². The maximum atomic E-state index is 15.0. The summed E-state index contributed by atoms with van der Waals surface area (Å²) in [5.74, 6) is -0.284. The molecule has 0 aliphatic carbocycles. The first kappa shape index (κ1) is 33.4. The summed E-state index contributed by atoms with van der Waals surface area (Å²) >= 11 is 0. The van der Waals surface area contributed by atoms with Crippen molar-refractivity contribution in [3.8, 4) is 17.3 Å². The minimum absolute atomic E-state index is 0.0148. The van der Waals surface area contributed by atoms with Gasteiger partial charge in [-0.3, -0.25) is 5.32 Å². The van der Waals surface area contributed by atoms with Crippen molar-refractivity contribution in [3.63, 3.8) is 0 Å². The lowest BCUT2D eigenvalue weighted by atomic mass is 10.1. The van der Waals surface area contributed by atoms with Crippen molar-refractivity contribution in [2.45, 2.75) is 65.1 Å². The normalized spacial score (nSPS) is 16.8. The van der Waals surface area contributed by atoms with Crippen LogP contribution in [0, 0.1) is 6.92 Å². The largest absolute Gasteiger partial charge is 0.573 e. The van der Waals surface area contributed by atoms with Crippen LogP contribution in [0.4, 0.5) is 33.0 Å². The molecular weight excluding hydrogens is 602 g/mol. The number of para-hydroxylation sites is 1. The minimum Gasteiger partial charge on any atom is -0.468 e. The van der Waals surface area contributed by atoms with Crippen LogP contribution in [0.1, 0.15) is 37.5 Å². The third-order valence-corrected chi connectivity index (χ3v) is 6.53. The van der Waals surface area contributed by atoms with E-state index in [-0.39, 0.29) is 43.5 Å². The standard InChI is InChI=1S/C30H35F4N5O6/c1-18-25(36-27(40)35-14-20-13-19(17-42-5)11-12-23(20)44-30(32,33)34)39(21-9-7-6-8-10-21)37-26(18)43-24-16-38(15-22(24)31)28(41)45-29(2,3)4/h6-13,22,24H,14-17H2,1-5H3,(H2,35,36,40)/t22-,24+/m1/s1. The van der Waals surface area contributed by atoms with Gasteiger partial charge in [-0.25, -0.2) is 18.7 Å². The van der Waals surface area contributed by atoms with E-state index in [1.807, 2.05) is 0 Å². The zero-order chi connectivity index (χ0) is 32.9. The van der Waals surface area contributed by atoms with Crippen LogP contribution in [0.15, 0.2) is 48.5 Å². The zero-order valence-electron chi connectivity index (χ0n) is 25.4. The highest BCUT2D eigenvalue weighted by molar-refractivity contribution is 5.89. The molecule has 1 aliphatic rings. The lowest BCUT2D eigenvalue weighted by Gasteiger charge is -2.24. The van der Waals surface area contributed by atoms with Crippen molar-refractivity contribution >= 4 is 17.9 Å². The average molecular weight is 638 g/mol. The van der Waals surface area contributed by atoms with Crippen LogP contribution in [-0.2, 0) is 22.6 Å². The number of anilines is 1. The Hall–Kier alpha value is -4.53. The molecule has 1 saturated heterocycles. The molecule has 2 atom stereocenters. The monoisotopic (exact) mass is 637 g/mol. The Morgan fingerprint density at radius 3 is 2.42 bits per heavy atom. The Bertz CT molecular complexity index is 1490. The summed E-state index contributed by atoms with van der Waals surface area (Å²) in [6, 6.07) is 12.0. The highest BCUT2D eigenvalue weighted by atomic mass is 19.4. The van der Waals surface area contributed by atoms with Crippen molar-refractivity contribution in [3.05, 3.63) is 65.2 Å². The maximum Gasteiger partial charge on any atom is 0.573 e. The number of aromatic nitrogens is 2. The molecule has 0 saturated carbocycles. The smallest absolute Gasteiger partial charge is 0.468 e. The second-order valence-electron chi connectivity index (χ2n) is 11.3. The van der Waals surface area contributed by atoms with Gasteiger partial charge in [-0.05, 0) is 57.5 Å². The zero-order valence-corrected chi connectivity index (χ0v) is 25.4. The number of nitrogens with one attached hydrogen (secondary N) is 2. The molecule has 3 amide bonds. The Labute approximate surface area is 257 Å². The van der Waals surface area contributed by atoms with Gasteiger partial charge in [-0.15, -0.1) is 18.3 Å². The molecular formula is C30H35F4N5O6. The lowest BCUT2D eigenvalue weighted by molar-refractivity contribution is -0.274. The number of benzene rings is 2. The number of hydrogen-bond acceptors (Lipinski definition) is 7. The van der Waals surface area contributed by atoms with E-state index >= 15 is 0 Å². The number of ether oxygens (including phenoxy) is 4. The number of amides is 3. The molecule has 2 heterocycles. The van der Waals surface area contributed by atoms with Gasteiger partial charge >= 0.3 is 18.5 Å². The number of methoxy groups -OCH3 is 1. The van der Waals surface area contributed by atoms with E-state index in [2.05, 4.69) is 20.5 Å². The van der Waals surface area contributed by atoms with E-state index in [1.54, 1.807) is 58.0 Å². The van der Waals surface area contributed by atoms with Crippen LogP contribution in [-0.4, -0.2) is 71.2 Å². The van der Waals surface area contributed by atoms with Crippen LogP contribution >= 0.6 is 0 Å². The average Bonchev–Trinajstić information content (AvgIpc) is 3.47. The molecule has 0 bridgehead atoms. The first-order chi connectivity index (χ1) is 21.1. The third kappa shape index (κ3) is 9.00. The molecule has 0 spiro atoms. The molecule has 1 aliphatic heterocycles. The molecule has 0 radical (unpaired) electrons. The highest BCUT2D eigenvalue weighted by Crippen LogP contribution is 2.32. The summed E-state index contributed by atoms with van der Waals surface area (Å²) < 4.78 is 75.8. The van der Waals surface area contributed by atoms with E-state index in [1.165, 1.54) is 28.8 Å². The third-order valence-electron chi connectivity index (χ3n) is 6.53. The Kier molecular flexibility index (Phi) is 10.1. The number of carbonyl (C=O) groups is 2. The molecule has 2 N–H and O–H groups in total. The van der Waals surface area contributed by atoms with Crippen LogP contribution in [0.25, 0.3) is 5.69 Å². The summed E-state index contributed by atoms with van der Waals surface area (Å²) in [6.45, 7) is 6.25. The molecule has 4 rings (SSSR count). The van der Waals surface area contributed by atoms with Crippen molar-refractivity contribution in [2.24, 2.45) is 0 Å². The van der Waals surface area contributed by atoms with Gasteiger partial charge in [0, 0.05) is 19.2 Å². The Balaban J connectivity index is 1.53. The lowest BCUT2D eigenvalue weighted by Crippen LogP contribution is -2.36. The van der Waals surface area contributed by atoms with Crippen molar-refractivity contribution in [1.29, 1.82) is 0 Å². The second-order valence-corrected chi connectivity index (χ2v) is 11.3. The Morgan fingerprint density at radius 1 is 1.07 bits per heavy atom. The van der Waals surface area contributed by atoms with E-state index in [0.29, 0.717) is 16.8 Å². The van der Waals surface area contributed by atoms with Gasteiger partial charge in [0.2, 0.25) is 5.88 Å². The fourth-order valence-electron chi connectivity index (χ4n) is 4.53. The fraction of sp³-hybridized carbons (Fsp3) is 0.433. The Morgan fingerprint density at radius 2 is 1.78 bits per heavy atom. The molecule has 3 aromatic rings. The molecule has 15 heteroatoms. The van der Waals surface area contributed by atoms with Crippen molar-refractivity contribution in [2.75, 3.05) is 25.5 Å². The molecule has 244 valence electrons. The van der Waals surface area contributed by atoms with Gasteiger partial charge in [-0.1, -0.05) is 24.3 Å². The van der Waals surface area contributed by atoms with Gasteiger partial charge in [0.1, 0.15) is 17.2 Å². The first-order valence-corrected chi connectivity index (χ1v) is 14.0. The number of urea groups is 1. The quantitative estimate of drug-likeness (QED) is 0.282. The molecule has 0 unspecified atom stereocenters. The van der Waals surface area contributed by atoms with E-state index in [4.69, 9.17) is 14.2 Å². The number of carbonyl (C=O) groups excluding carboxylic acids is 2. The van der Waals surface area contributed by atoms with Gasteiger partial charge < -0.3 is 29.2 Å². The second kappa shape index (κ2) is 13.6. The van der Waals surface area contributed by atoms with Crippen LogP contribution < -0.4 is 20.1 Å². The first-order valence-electron chi connectivity index (χ1n) is 14.0. The summed E-state index contributed by atoms with van der Waals surface area (Å²) in [5, 5.41) is 9.66. The molecule has 1 fully saturated rings. The number of halogens is 4. The number of nitrogens with zero attached hydrogens (tertiary/aromatic N) is 3. The van der Waals surface area contributed by atoms with Gasteiger partial charge in [0.05, 0.1) is 30.9 Å². The van der Waals surface area contributed by atoms with Gasteiger partial charge in [0.25, 0.3) is 0 Å². The minimum atomic E-state index is -4.93. The predicted molar refractivity (Wildman–Crippen MR) is 155 cm³/mol. The molecule has 2 aromatic carbocycles. The fourth-order valence-corrected chi connectivity index (χ4v) is 4.53. The van der Waals surface area contributed by atoms with Crippen LogP contribution in [0.2, 0.25) is 0 Å². The summed E-state index contributed by atoms with van der Waals surface area (Å²) in [5.41, 5.74) is 0.775. The predicted octanol–water partition coefficient (Wildman–Crippen LogP) is 5.88. The van der Waals surface area contributed by atoms with Crippen molar-refractivity contribution in [1.82, 2.24) is 20.0 Å². The van der Waals surface area contributed by atoms with Gasteiger partial charge in [-0.2, -0.15) is 0 Å².